The molecule has 0 aliphatic carbocycles. The van der Waals surface area contributed by atoms with Gasteiger partial charge in [-0.05, 0) is 29.8 Å². The summed E-state index contributed by atoms with van der Waals surface area (Å²) in [6.45, 7) is 0.153. The lowest BCUT2D eigenvalue weighted by atomic mass is 10.1. The zero-order chi connectivity index (χ0) is 16.7. The molecule has 24 heavy (non-hydrogen) atoms. The number of fused-ring (bicyclic) bond motifs is 2. The fraction of sp³-hybridized carbons (Fsp3) is 0.222. The second-order valence-corrected chi connectivity index (χ2v) is 5.71. The average molecular weight is 324 g/mol. The second kappa shape index (κ2) is 5.56. The van der Waals surface area contributed by atoms with Crippen LogP contribution in [0.1, 0.15) is 15.9 Å². The highest BCUT2D eigenvalue weighted by Crippen LogP contribution is 2.36. The van der Waals surface area contributed by atoms with Crippen molar-refractivity contribution in [3.63, 3.8) is 0 Å². The third-order valence-electron chi connectivity index (χ3n) is 4.36. The number of likely N-dealkylation sites (N-methyl/N-ethyl adjacent to an activating group) is 1. The van der Waals surface area contributed by atoms with Gasteiger partial charge in [0.1, 0.15) is 6.04 Å². The molecule has 1 atom stereocenters. The Kier molecular flexibility index (Phi) is 3.37. The highest BCUT2D eigenvalue weighted by Gasteiger charge is 2.38. The van der Waals surface area contributed by atoms with Crippen molar-refractivity contribution in [2.24, 2.45) is 0 Å². The summed E-state index contributed by atoms with van der Waals surface area (Å²) in [5, 5.41) is 2.64. The van der Waals surface area contributed by atoms with Crippen LogP contribution in [0.2, 0.25) is 0 Å². The van der Waals surface area contributed by atoms with Crippen molar-refractivity contribution < 1.29 is 19.1 Å². The maximum absolute atomic E-state index is 13.1. The number of benzene rings is 2. The number of amides is 2. The Balaban J connectivity index is 1.74. The molecule has 2 amide bonds. The number of anilines is 1. The molecule has 0 bridgehead atoms. The van der Waals surface area contributed by atoms with Crippen molar-refractivity contribution in [3.8, 4) is 11.5 Å². The molecule has 0 radical (unpaired) electrons. The number of nitrogens with one attached hydrogen (secondary N) is 1. The number of carbonyl (C=O) groups is 2. The van der Waals surface area contributed by atoms with Crippen LogP contribution in [-0.2, 0) is 11.2 Å². The van der Waals surface area contributed by atoms with Crippen LogP contribution in [0.25, 0.3) is 0 Å². The summed E-state index contributed by atoms with van der Waals surface area (Å²) in [6, 6.07) is 12.1. The van der Waals surface area contributed by atoms with Crippen LogP contribution in [-0.4, -0.2) is 31.7 Å². The van der Waals surface area contributed by atoms with Gasteiger partial charge in [0, 0.05) is 24.7 Å². The molecule has 2 aromatic rings. The van der Waals surface area contributed by atoms with Crippen LogP contribution in [0.4, 0.5) is 5.69 Å². The number of para-hydroxylation sites is 1. The third-order valence-corrected chi connectivity index (χ3v) is 4.36. The highest BCUT2D eigenvalue weighted by molar-refractivity contribution is 6.11. The van der Waals surface area contributed by atoms with Gasteiger partial charge < -0.3 is 14.8 Å². The summed E-state index contributed by atoms with van der Waals surface area (Å²) >= 11 is 0. The van der Waals surface area contributed by atoms with Gasteiger partial charge >= 0.3 is 0 Å². The standard InChI is InChI=1S/C18H16N2O4/c1-19-17(21)14-8-11-4-2-3-5-13(11)20(14)18(22)12-6-7-15-16(9-12)24-10-23-15/h2-7,9,14H,8,10H2,1H3,(H,19,21)/t14-/m1/s1. The van der Waals surface area contributed by atoms with E-state index in [9.17, 15) is 9.59 Å². The molecule has 6 nitrogen and oxygen atoms in total. The Labute approximate surface area is 139 Å². The number of rotatable bonds is 2. The summed E-state index contributed by atoms with van der Waals surface area (Å²) in [4.78, 5) is 26.9. The van der Waals surface area contributed by atoms with Crippen LogP contribution >= 0.6 is 0 Å². The molecule has 0 spiro atoms. The number of hydrogen-bond donors (Lipinski definition) is 1. The molecule has 0 saturated heterocycles. The monoisotopic (exact) mass is 324 g/mol. The van der Waals surface area contributed by atoms with Crippen LogP contribution < -0.4 is 19.7 Å². The minimum absolute atomic E-state index is 0.153. The smallest absolute Gasteiger partial charge is 0.259 e. The minimum atomic E-state index is -0.551. The van der Waals surface area contributed by atoms with Gasteiger partial charge in [-0.25, -0.2) is 0 Å². The average Bonchev–Trinajstić information content (AvgIpc) is 3.23. The molecule has 6 heteroatoms. The van der Waals surface area contributed by atoms with Gasteiger partial charge in [0.25, 0.3) is 5.91 Å². The van der Waals surface area contributed by atoms with Gasteiger partial charge in [-0.3, -0.25) is 14.5 Å². The number of hydrogen-bond acceptors (Lipinski definition) is 4. The Bertz CT molecular complexity index is 834. The third kappa shape index (κ3) is 2.19. The van der Waals surface area contributed by atoms with Crippen molar-refractivity contribution >= 4 is 17.5 Å². The van der Waals surface area contributed by atoms with Crippen molar-refractivity contribution in [2.45, 2.75) is 12.5 Å². The summed E-state index contributed by atoms with van der Waals surface area (Å²) in [5.74, 6) is 0.758. The minimum Gasteiger partial charge on any atom is -0.454 e. The Hall–Kier alpha value is -3.02. The van der Waals surface area contributed by atoms with Crippen molar-refractivity contribution in [1.29, 1.82) is 0 Å². The lowest BCUT2D eigenvalue weighted by Gasteiger charge is -2.24. The van der Waals surface area contributed by atoms with Crippen molar-refractivity contribution in [1.82, 2.24) is 5.32 Å². The van der Waals surface area contributed by atoms with E-state index in [1.54, 1.807) is 30.1 Å². The molecular formula is C18H16N2O4. The quantitative estimate of drug-likeness (QED) is 0.913. The molecule has 2 aliphatic rings. The Morgan fingerprint density at radius 1 is 1.12 bits per heavy atom. The predicted molar refractivity (Wildman–Crippen MR) is 87.4 cm³/mol. The Morgan fingerprint density at radius 3 is 2.75 bits per heavy atom. The number of nitrogens with zero attached hydrogens (tertiary/aromatic N) is 1. The van der Waals surface area contributed by atoms with E-state index in [2.05, 4.69) is 5.32 Å². The van der Waals surface area contributed by atoms with E-state index < -0.39 is 6.04 Å². The number of ether oxygens (including phenoxy) is 2. The van der Waals surface area contributed by atoms with Crippen LogP contribution in [0.3, 0.4) is 0 Å². The van der Waals surface area contributed by atoms with E-state index in [0.717, 1.165) is 11.3 Å². The normalized spacial score (nSPS) is 17.5. The van der Waals surface area contributed by atoms with Gasteiger partial charge in [-0.15, -0.1) is 0 Å². The molecule has 0 saturated carbocycles. The van der Waals surface area contributed by atoms with Crippen LogP contribution in [0.5, 0.6) is 11.5 Å². The molecule has 0 fully saturated rings. The summed E-state index contributed by atoms with van der Waals surface area (Å²) in [5.41, 5.74) is 2.22. The SMILES string of the molecule is CNC(=O)[C@H]1Cc2ccccc2N1C(=O)c1ccc2c(c1)OCO2. The summed E-state index contributed by atoms with van der Waals surface area (Å²) in [6.07, 6.45) is 0.506. The first kappa shape index (κ1) is 14.6. The molecule has 1 N–H and O–H groups in total. The fourth-order valence-corrected chi connectivity index (χ4v) is 3.18. The van der Waals surface area contributed by atoms with E-state index in [0.29, 0.717) is 23.5 Å². The van der Waals surface area contributed by atoms with E-state index in [1.807, 2.05) is 24.3 Å². The number of carbonyl (C=O) groups excluding carboxylic acids is 2. The van der Waals surface area contributed by atoms with E-state index in [4.69, 9.17) is 9.47 Å². The molecule has 2 aliphatic heterocycles. The molecule has 4 rings (SSSR count). The zero-order valence-corrected chi connectivity index (χ0v) is 13.1. The van der Waals surface area contributed by atoms with Gasteiger partial charge in [0.2, 0.25) is 12.7 Å². The lowest BCUT2D eigenvalue weighted by molar-refractivity contribution is -0.121. The fourth-order valence-electron chi connectivity index (χ4n) is 3.18. The zero-order valence-electron chi connectivity index (χ0n) is 13.1. The van der Waals surface area contributed by atoms with Gasteiger partial charge in [0.15, 0.2) is 11.5 Å². The molecule has 0 unspecified atom stereocenters. The molecule has 0 aromatic heterocycles. The summed E-state index contributed by atoms with van der Waals surface area (Å²) in [7, 11) is 1.58. The van der Waals surface area contributed by atoms with Crippen molar-refractivity contribution in [3.05, 3.63) is 53.6 Å². The van der Waals surface area contributed by atoms with E-state index >= 15 is 0 Å². The first-order chi connectivity index (χ1) is 11.7. The van der Waals surface area contributed by atoms with Gasteiger partial charge in [-0.1, -0.05) is 18.2 Å². The maximum atomic E-state index is 13.1. The lowest BCUT2D eigenvalue weighted by Crippen LogP contribution is -2.47. The van der Waals surface area contributed by atoms with Crippen LogP contribution in [0, 0.1) is 0 Å². The second-order valence-electron chi connectivity index (χ2n) is 5.71. The van der Waals surface area contributed by atoms with E-state index in [1.165, 1.54) is 0 Å². The Morgan fingerprint density at radius 2 is 1.92 bits per heavy atom. The molecular weight excluding hydrogens is 308 g/mol. The predicted octanol–water partition coefficient (Wildman–Crippen LogP) is 1.73. The highest BCUT2D eigenvalue weighted by atomic mass is 16.7. The molecule has 2 aromatic carbocycles. The van der Waals surface area contributed by atoms with E-state index in [-0.39, 0.29) is 18.6 Å². The molecule has 2 heterocycles. The first-order valence-electron chi connectivity index (χ1n) is 7.72. The first-order valence-corrected chi connectivity index (χ1v) is 7.72. The van der Waals surface area contributed by atoms with Crippen LogP contribution in [0.15, 0.2) is 42.5 Å². The van der Waals surface area contributed by atoms with Gasteiger partial charge in [0.05, 0.1) is 0 Å². The maximum Gasteiger partial charge on any atom is 0.259 e. The largest absolute Gasteiger partial charge is 0.454 e. The van der Waals surface area contributed by atoms with Gasteiger partial charge in [-0.2, -0.15) is 0 Å². The summed E-state index contributed by atoms with van der Waals surface area (Å²) < 4.78 is 10.6. The molecule has 122 valence electrons. The topological polar surface area (TPSA) is 67.9 Å². The van der Waals surface area contributed by atoms with Crippen molar-refractivity contribution in [2.75, 3.05) is 18.7 Å².